The molecule has 0 spiro atoms. The molecule has 0 aliphatic rings. The lowest BCUT2D eigenvalue weighted by Gasteiger charge is -2.12. The minimum absolute atomic E-state index is 0.251. The van der Waals surface area contributed by atoms with Crippen molar-refractivity contribution < 1.29 is 8.42 Å². The van der Waals surface area contributed by atoms with Crippen LogP contribution in [0.15, 0.2) is 34.5 Å². The predicted molar refractivity (Wildman–Crippen MR) is 86.5 cm³/mol. The molecule has 1 aromatic heterocycles. The van der Waals surface area contributed by atoms with Crippen molar-refractivity contribution in [3.05, 3.63) is 45.9 Å². The van der Waals surface area contributed by atoms with E-state index >= 15 is 0 Å². The van der Waals surface area contributed by atoms with Crippen molar-refractivity contribution in [1.82, 2.24) is 9.71 Å². The number of hydrogen-bond donors (Lipinski definition) is 1. The van der Waals surface area contributed by atoms with Gasteiger partial charge in [0.25, 0.3) is 0 Å². The number of aromatic nitrogens is 1. The Kier molecular flexibility index (Phi) is 5.37. The molecule has 0 aliphatic carbocycles. The van der Waals surface area contributed by atoms with E-state index in [4.69, 9.17) is 11.6 Å². The Hall–Kier alpha value is -0.950. The first-order valence-corrected chi connectivity index (χ1v) is 9.41. The molecule has 1 atom stereocenters. The molecule has 21 heavy (non-hydrogen) atoms. The van der Waals surface area contributed by atoms with Crippen molar-refractivity contribution >= 4 is 33.0 Å². The summed E-state index contributed by atoms with van der Waals surface area (Å²) in [4.78, 5) is 4.55. The Balaban J connectivity index is 2.14. The largest absolute Gasteiger partial charge is 0.245 e. The first kappa shape index (κ1) is 16.4. The Morgan fingerprint density at radius 1 is 1.33 bits per heavy atom. The van der Waals surface area contributed by atoms with Crippen molar-refractivity contribution in [2.24, 2.45) is 0 Å². The predicted octanol–water partition coefficient (Wildman–Crippen LogP) is 3.27. The molecule has 7 heteroatoms. The number of alkyl halides is 1. The van der Waals surface area contributed by atoms with Gasteiger partial charge in [0.2, 0.25) is 10.0 Å². The van der Waals surface area contributed by atoms with E-state index in [0.717, 1.165) is 22.7 Å². The number of thiazole rings is 1. The van der Waals surface area contributed by atoms with Gasteiger partial charge in [-0.1, -0.05) is 12.1 Å². The molecular formula is C14H17ClN2O2S2. The van der Waals surface area contributed by atoms with E-state index < -0.39 is 10.0 Å². The van der Waals surface area contributed by atoms with Gasteiger partial charge in [-0.25, -0.2) is 18.1 Å². The van der Waals surface area contributed by atoms with E-state index in [9.17, 15) is 8.42 Å². The number of aryl methyl sites for hydroxylation is 2. The van der Waals surface area contributed by atoms with E-state index in [2.05, 4.69) is 9.71 Å². The molecule has 2 aromatic rings. The maximum atomic E-state index is 12.3. The van der Waals surface area contributed by atoms with Crippen LogP contribution in [-0.4, -0.2) is 19.3 Å². The molecule has 0 saturated heterocycles. The van der Waals surface area contributed by atoms with Gasteiger partial charge in [0.1, 0.15) is 5.01 Å². The highest BCUT2D eigenvalue weighted by Crippen LogP contribution is 2.20. The maximum absolute atomic E-state index is 12.3. The summed E-state index contributed by atoms with van der Waals surface area (Å²) in [7, 11) is -3.55. The average Bonchev–Trinajstić information content (AvgIpc) is 2.86. The third-order valence-corrected chi connectivity index (χ3v) is 5.85. The molecule has 1 heterocycles. The Morgan fingerprint density at radius 2 is 2.00 bits per heavy atom. The second kappa shape index (κ2) is 6.87. The summed E-state index contributed by atoms with van der Waals surface area (Å²) in [5.41, 5.74) is 1.92. The molecular weight excluding hydrogens is 328 g/mol. The number of hydrogen-bond acceptors (Lipinski definition) is 4. The third-order valence-electron chi connectivity index (χ3n) is 2.96. The van der Waals surface area contributed by atoms with Crippen LogP contribution in [0.5, 0.6) is 0 Å². The van der Waals surface area contributed by atoms with Crippen LogP contribution in [0, 0.1) is 6.92 Å². The van der Waals surface area contributed by atoms with E-state index in [0.29, 0.717) is 5.88 Å². The summed E-state index contributed by atoms with van der Waals surface area (Å²) < 4.78 is 27.3. The number of sulfonamides is 1. The van der Waals surface area contributed by atoms with Gasteiger partial charge in [-0.3, -0.25) is 0 Å². The van der Waals surface area contributed by atoms with Gasteiger partial charge in [-0.05, 0) is 38.0 Å². The normalized spacial score (nSPS) is 13.3. The van der Waals surface area contributed by atoms with Crippen molar-refractivity contribution in [3.63, 3.8) is 0 Å². The van der Waals surface area contributed by atoms with Crippen LogP contribution in [0.1, 0.15) is 29.2 Å². The smallest absolute Gasteiger partial charge is 0.241 e. The molecule has 1 N–H and O–H groups in total. The second-order valence-electron chi connectivity index (χ2n) is 4.75. The van der Waals surface area contributed by atoms with Crippen LogP contribution in [0.2, 0.25) is 0 Å². The highest BCUT2D eigenvalue weighted by Gasteiger charge is 2.20. The molecule has 0 saturated carbocycles. The summed E-state index contributed by atoms with van der Waals surface area (Å²) in [5.74, 6) is 0.519. The fourth-order valence-electron chi connectivity index (χ4n) is 1.87. The van der Waals surface area contributed by atoms with E-state index in [1.54, 1.807) is 31.2 Å². The standard InChI is InChI=1S/C14H17ClN2O2S2/c1-10-9-20-14(16-10)11(2)17-21(18,19)13-5-3-12(4-6-13)7-8-15/h3-6,9,11,17H,7-8H2,1-2H3. The van der Waals surface area contributed by atoms with Gasteiger partial charge in [-0.2, -0.15) is 0 Å². The van der Waals surface area contributed by atoms with Gasteiger partial charge in [-0.15, -0.1) is 22.9 Å². The van der Waals surface area contributed by atoms with Gasteiger partial charge < -0.3 is 0 Å². The summed E-state index contributed by atoms with van der Waals surface area (Å²) >= 11 is 7.12. The van der Waals surface area contributed by atoms with E-state index in [-0.39, 0.29) is 10.9 Å². The molecule has 2 rings (SSSR count). The van der Waals surface area contributed by atoms with Gasteiger partial charge in [0.05, 0.1) is 10.9 Å². The lowest BCUT2D eigenvalue weighted by Crippen LogP contribution is -2.26. The summed E-state index contributed by atoms with van der Waals surface area (Å²) in [5, 5.41) is 2.66. The quantitative estimate of drug-likeness (QED) is 0.818. The van der Waals surface area contributed by atoms with Crippen molar-refractivity contribution in [2.75, 3.05) is 5.88 Å². The molecule has 0 bridgehead atoms. The molecule has 0 radical (unpaired) electrons. The zero-order chi connectivity index (χ0) is 15.5. The molecule has 114 valence electrons. The number of benzene rings is 1. The SMILES string of the molecule is Cc1csc(C(C)NS(=O)(=O)c2ccc(CCCl)cc2)n1. The van der Waals surface area contributed by atoms with Crippen molar-refractivity contribution in [1.29, 1.82) is 0 Å². The summed E-state index contributed by atoms with van der Waals surface area (Å²) in [6.07, 6.45) is 0.726. The zero-order valence-corrected chi connectivity index (χ0v) is 14.2. The lowest BCUT2D eigenvalue weighted by molar-refractivity contribution is 0.566. The number of rotatable bonds is 6. The second-order valence-corrected chi connectivity index (χ2v) is 7.73. The molecule has 0 amide bonds. The fraction of sp³-hybridized carbons (Fsp3) is 0.357. The summed E-state index contributed by atoms with van der Waals surface area (Å²) in [6, 6.07) is 6.43. The average molecular weight is 345 g/mol. The monoisotopic (exact) mass is 344 g/mol. The first-order chi connectivity index (χ1) is 9.92. The first-order valence-electron chi connectivity index (χ1n) is 6.51. The molecule has 0 fully saturated rings. The highest BCUT2D eigenvalue weighted by atomic mass is 35.5. The minimum atomic E-state index is -3.55. The van der Waals surface area contributed by atoms with Crippen molar-refractivity contribution in [2.45, 2.75) is 31.2 Å². The highest BCUT2D eigenvalue weighted by molar-refractivity contribution is 7.89. The molecule has 4 nitrogen and oxygen atoms in total. The van der Waals surface area contributed by atoms with Crippen LogP contribution in [0.25, 0.3) is 0 Å². The number of halogens is 1. The number of nitrogens with one attached hydrogen (secondary N) is 1. The number of nitrogens with zero attached hydrogens (tertiary/aromatic N) is 1. The van der Waals surface area contributed by atoms with Crippen LogP contribution >= 0.6 is 22.9 Å². The van der Waals surface area contributed by atoms with Crippen LogP contribution in [0.3, 0.4) is 0 Å². The summed E-state index contributed by atoms with van der Waals surface area (Å²) in [6.45, 7) is 3.68. The Morgan fingerprint density at radius 3 is 2.52 bits per heavy atom. The molecule has 0 aliphatic heterocycles. The fourth-order valence-corrected chi connectivity index (χ4v) is 4.17. The minimum Gasteiger partial charge on any atom is -0.245 e. The Bertz CT molecular complexity index is 696. The lowest BCUT2D eigenvalue weighted by atomic mass is 10.2. The van der Waals surface area contributed by atoms with Crippen LogP contribution in [0.4, 0.5) is 0 Å². The maximum Gasteiger partial charge on any atom is 0.241 e. The third kappa shape index (κ3) is 4.26. The van der Waals surface area contributed by atoms with Crippen molar-refractivity contribution in [3.8, 4) is 0 Å². The molecule has 1 unspecified atom stereocenters. The van der Waals surface area contributed by atoms with Gasteiger partial charge in [0, 0.05) is 17.0 Å². The zero-order valence-electron chi connectivity index (χ0n) is 11.8. The topological polar surface area (TPSA) is 59.1 Å². The van der Waals surface area contributed by atoms with Gasteiger partial charge in [0.15, 0.2) is 0 Å². The van der Waals surface area contributed by atoms with E-state index in [1.807, 2.05) is 12.3 Å². The Labute approximate surface area is 134 Å². The molecule has 1 aromatic carbocycles. The van der Waals surface area contributed by atoms with E-state index in [1.165, 1.54) is 11.3 Å². The van der Waals surface area contributed by atoms with Crippen LogP contribution < -0.4 is 4.72 Å². The van der Waals surface area contributed by atoms with Crippen LogP contribution in [-0.2, 0) is 16.4 Å². The van der Waals surface area contributed by atoms with Gasteiger partial charge >= 0.3 is 0 Å².